The summed E-state index contributed by atoms with van der Waals surface area (Å²) in [5, 5.41) is 7.65. The summed E-state index contributed by atoms with van der Waals surface area (Å²) in [5.74, 6) is 0.937. The van der Waals surface area contributed by atoms with Crippen molar-refractivity contribution in [3.05, 3.63) is 41.1 Å². The first-order valence-corrected chi connectivity index (χ1v) is 9.14. The molecule has 2 aromatic heterocycles. The monoisotopic (exact) mass is 349 g/mol. The van der Waals surface area contributed by atoms with Gasteiger partial charge < -0.3 is 19.5 Å². The minimum Gasteiger partial charge on any atom is -0.489 e. The highest BCUT2D eigenvalue weighted by Crippen LogP contribution is 2.42. The van der Waals surface area contributed by atoms with Crippen LogP contribution in [0.1, 0.15) is 0 Å². The molecule has 3 rings (SSSR count). The molecule has 6 heteroatoms. The Bertz CT molecular complexity index is 724. The minimum atomic E-state index is 0.550. The predicted molar refractivity (Wildman–Crippen MR) is 97.6 cm³/mol. The quantitative estimate of drug-likeness (QED) is 0.566. The number of thiophene rings is 2. The van der Waals surface area contributed by atoms with Crippen LogP contribution in [0.15, 0.2) is 41.1 Å². The van der Waals surface area contributed by atoms with E-state index in [9.17, 15) is 0 Å². The summed E-state index contributed by atoms with van der Waals surface area (Å²) in [4.78, 5) is 0. The van der Waals surface area contributed by atoms with Crippen LogP contribution in [0.4, 0.5) is 11.4 Å². The van der Waals surface area contributed by atoms with Gasteiger partial charge >= 0.3 is 0 Å². The van der Waals surface area contributed by atoms with E-state index >= 15 is 0 Å². The predicted octanol–water partition coefficient (Wildman–Crippen LogP) is 4.75. The number of nitrogens with one attached hydrogen (secondary N) is 1. The lowest BCUT2D eigenvalue weighted by atomic mass is 10.3. The first kappa shape index (κ1) is 16.3. The van der Waals surface area contributed by atoms with Crippen LogP contribution in [-0.2, 0) is 9.47 Å². The SMILES string of the molecule is COCCOCCOc1csc2c(Nc3ccccc3)csc12. The van der Waals surface area contributed by atoms with Gasteiger partial charge in [-0.05, 0) is 12.1 Å². The average Bonchev–Trinajstić information content (AvgIpc) is 3.15. The molecule has 0 spiro atoms. The highest BCUT2D eigenvalue weighted by Gasteiger charge is 2.12. The molecule has 1 aromatic carbocycles. The van der Waals surface area contributed by atoms with Gasteiger partial charge in [0, 0.05) is 23.6 Å². The van der Waals surface area contributed by atoms with Crippen LogP contribution >= 0.6 is 22.7 Å². The van der Waals surface area contributed by atoms with Crippen molar-refractivity contribution in [2.24, 2.45) is 0 Å². The van der Waals surface area contributed by atoms with Crippen LogP contribution in [0.2, 0.25) is 0 Å². The molecule has 0 fully saturated rings. The van der Waals surface area contributed by atoms with E-state index in [-0.39, 0.29) is 0 Å². The highest BCUT2D eigenvalue weighted by molar-refractivity contribution is 7.27. The highest BCUT2D eigenvalue weighted by atomic mass is 32.1. The van der Waals surface area contributed by atoms with Crippen LogP contribution in [0, 0.1) is 0 Å². The van der Waals surface area contributed by atoms with E-state index in [1.807, 2.05) is 18.2 Å². The van der Waals surface area contributed by atoms with Gasteiger partial charge in [0.05, 0.1) is 34.9 Å². The molecule has 0 aliphatic heterocycles. The Kier molecular flexibility index (Phi) is 5.87. The molecule has 0 bridgehead atoms. The third-order valence-corrected chi connectivity index (χ3v) is 5.34. The molecule has 0 aliphatic rings. The lowest BCUT2D eigenvalue weighted by Crippen LogP contribution is -2.09. The maximum absolute atomic E-state index is 5.83. The maximum Gasteiger partial charge on any atom is 0.148 e. The van der Waals surface area contributed by atoms with Gasteiger partial charge in [0.2, 0.25) is 0 Å². The molecule has 1 N–H and O–H groups in total. The summed E-state index contributed by atoms with van der Waals surface area (Å²) in [6, 6.07) is 10.2. The van der Waals surface area contributed by atoms with Crippen LogP contribution in [0.25, 0.3) is 9.40 Å². The van der Waals surface area contributed by atoms with Crippen LogP contribution in [-0.4, -0.2) is 33.5 Å². The molecule has 0 aliphatic carbocycles. The Labute approximate surface area is 143 Å². The van der Waals surface area contributed by atoms with Crippen molar-refractivity contribution in [3.63, 3.8) is 0 Å². The number of ether oxygens (including phenoxy) is 3. The van der Waals surface area contributed by atoms with Gasteiger partial charge in [-0.2, -0.15) is 0 Å². The summed E-state index contributed by atoms with van der Waals surface area (Å²) in [7, 11) is 1.67. The molecule has 23 heavy (non-hydrogen) atoms. The van der Waals surface area contributed by atoms with Crippen molar-refractivity contribution in [1.82, 2.24) is 0 Å². The van der Waals surface area contributed by atoms with E-state index in [0.29, 0.717) is 26.4 Å². The first-order chi connectivity index (χ1) is 11.4. The van der Waals surface area contributed by atoms with E-state index in [4.69, 9.17) is 14.2 Å². The Hall–Kier alpha value is -1.60. The van der Waals surface area contributed by atoms with Crippen molar-refractivity contribution in [3.8, 4) is 5.75 Å². The van der Waals surface area contributed by atoms with Crippen molar-refractivity contribution < 1.29 is 14.2 Å². The molecular formula is C17H19NO3S2. The first-order valence-electron chi connectivity index (χ1n) is 7.38. The van der Waals surface area contributed by atoms with Crippen molar-refractivity contribution in [2.45, 2.75) is 0 Å². The van der Waals surface area contributed by atoms with E-state index in [2.05, 4.69) is 28.2 Å². The van der Waals surface area contributed by atoms with Crippen molar-refractivity contribution >= 4 is 43.4 Å². The standard InChI is InChI=1S/C17H19NO3S2/c1-19-7-8-20-9-10-21-15-12-23-16-14(11-22-17(15)16)18-13-5-3-2-4-6-13/h2-6,11-12,18H,7-10H2,1H3. The summed E-state index contributed by atoms with van der Waals surface area (Å²) in [6.07, 6.45) is 0. The van der Waals surface area contributed by atoms with Crippen LogP contribution in [0.5, 0.6) is 5.75 Å². The molecule has 3 aromatic rings. The Morgan fingerprint density at radius 3 is 2.52 bits per heavy atom. The lowest BCUT2D eigenvalue weighted by Gasteiger charge is -2.05. The average molecular weight is 349 g/mol. The molecule has 0 amide bonds. The minimum absolute atomic E-state index is 0.550. The smallest absolute Gasteiger partial charge is 0.148 e. The summed E-state index contributed by atoms with van der Waals surface area (Å²) >= 11 is 3.40. The zero-order valence-electron chi connectivity index (χ0n) is 12.9. The third-order valence-electron chi connectivity index (χ3n) is 3.22. The van der Waals surface area contributed by atoms with Gasteiger partial charge in [0.15, 0.2) is 0 Å². The normalized spacial score (nSPS) is 11.0. The van der Waals surface area contributed by atoms with Crippen LogP contribution < -0.4 is 10.1 Å². The third kappa shape index (κ3) is 4.23. The fourth-order valence-corrected chi connectivity index (χ4v) is 4.27. The van der Waals surface area contributed by atoms with Gasteiger partial charge in [-0.1, -0.05) is 18.2 Å². The number of fused-ring (bicyclic) bond motifs is 1. The number of benzene rings is 1. The zero-order chi connectivity index (χ0) is 15.9. The summed E-state index contributed by atoms with van der Waals surface area (Å²) in [6.45, 7) is 2.33. The molecule has 0 saturated heterocycles. The van der Waals surface area contributed by atoms with Crippen molar-refractivity contribution in [1.29, 1.82) is 0 Å². The van der Waals surface area contributed by atoms with E-state index in [1.54, 1.807) is 29.8 Å². The fraction of sp³-hybridized carbons (Fsp3) is 0.294. The van der Waals surface area contributed by atoms with Gasteiger partial charge in [-0.25, -0.2) is 0 Å². The maximum atomic E-state index is 5.83. The molecule has 4 nitrogen and oxygen atoms in total. The zero-order valence-corrected chi connectivity index (χ0v) is 14.5. The molecule has 0 atom stereocenters. The second-order valence-electron chi connectivity index (χ2n) is 4.85. The van der Waals surface area contributed by atoms with E-state index in [1.165, 1.54) is 9.40 Å². The van der Waals surface area contributed by atoms with Gasteiger partial charge in [0.1, 0.15) is 12.4 Å². The van der Waals surface area contributed by atoms with Crippen LogP contribution in [0.3, 0.4) is 0 Å². The number of anilines is 2. The molecule has 0 saturated carbocycles. The van der Waals surface area contributed by atoms with E-state index < -0.39 is 0 Å². The fourth-order valence-electron chi connectivity index (χ4n) is 2.12. The van der Waals surface area contributed by atoms with Gasteiger partial charge in [-0.3, -0.25) is 0 Å². The molecule has 0 radical (unpaired) electrons. The molecule has 122 valence electrons. The second-order valence-corrected chi connectivity index (χ2v) is 6.61. The Balaban J connectivity index is 1.59. The molecule has 2 heterocycles. The molecule has 0 unspecified atom stereocenters. The van der Waals surface area contributed by atoms with Gasteiger partial charge in [0.25, 0.3) is 0 Å². The number of hydrogen-bond acceptors (Lipinski definition) is 6. The lowest BCUT2D eigenvalue weighted by molar-refractivity contribution is 0.0547. The Morgan fingerprint density at radius 1 is 0.913 bits per heavy atom. The molecular weight excluding hydrogens is 330 g/mol. The Morgan fingerprint density at radius 2 is 1.70 bits per heavy atom. The summed E-state index contributed by atoms with van der Waals surface area (Å²) in [5.41, 5.74) is 2.22. The number of hydrogen-bond donors (Lipinski definition) is 1. The largest absolute Gasteiger partial charge is 0.489 e. The van der Waals surface area contributed by atoms with E-state index in [0.717, 1.165) is 17.1 Å². The second kappa shape index (κ2) is 8.31. The van der Waals surface area contributed by atoms with Crippen molar-refractivity contribution in [2.75, 3.05) is 38.9 Å². The number of rotatable bonds is 9. The number of para-hydroxylation sites is 1. The number of methoxy groups -OCH3 is 1. The van der Waals surface area contributed by atoms with Gasteiger partial charge in [-0.15, -0.1) is 22.7 Å². The topological polar surface area (TPSA) is 39.7 Å². The summed E-state index contributed by atoms with van der Waals surface area (Å²) < 4.78 is 18.6.